The van der Waals surface area contributed by atoms with Gasteiger partial charge in [-0.2, -0.15) is 0 Å². The van der Waals surface area contributed by atoms with E-state index in [1.807, 2.05) is 24.3 Å². The van der Waals surface area contributed by atoms with Crippen LogP contribution in [0, 0.1) is 17.1 Å². The Morgan fingerprint density at radius 3 is 2.94 bits per heavy atom. The SMILES string of the molecule is C#CCCCOc1ccc2ccc(=S)oc2c1. The Hall–Kier alpha value is -1.79. The van der Waals surface area contributed by atoms with Gasteiger partial charge in [-0.3, -0.25) is 0 Å². The van der Waals surface area contributed by atoms with Crippen LogP contribution in [0.5, 0.6) is 5.75 Å². The Morgan fingerprint density at radius 1 is 1.29 bits per heavy atom. The van der Waals surface area contributed by atoms with E-state index in [0.717, 1.165) is 29.6 Å². The summed E-state index contributed by atoms with van der Waals surface area (Å²) >= 11 is 4.98. The Kier molecular flexibility index (Phi) is 3.79. The quantitative estimate of drug-likeness (QED) is 0.462. The molecule has 3 heteroatoms. The van der Waals surface area contributed by atoms with Crippen LogP contribution in [-0.2, 0) is 0 Å². The smallest absolute Gasteiger partial charge is 0.190 e. The van der Waals surface area contributed by atoms with Gasteiger partial charge in [0.05, 0.1) is 6.61 Å². The highest BCUT2D eigenvalue weighted by Gasteiger charge is 1.99. The molecular weight excluding hydrogens is 232 g/mol. The second kappa shape index (κ2) is 5.51. The molecule has 0 N–H and O–H groups in total. The lowest BCUT2D eigenvalue weighted by atomic mass is 10.2. The molecule has 0 fully saturated rings. The van der Waals surface area contributed by atoms with Crippen LogP contribution in [0.3, 0.4) is 0 Å². The third-order valence-electron chi connectivity index (χ3n) is 2.33. The van der Waals surface area contributed by atoms with Crippen molar-refractivity contribution in [2.24, 2.45) is 0 Å². The van der Waals surface area contributed by atoms with Crippen molar-refractivity contribution in [1.29, 1.82) is 0 Å². The Bertz CT molecular complexity index is 607. The number of terminal acetylenes is 1. The van der Waals surface area contributed by atoms with Crippen molar-refractivity contribution in [2.45, 2.75) is 12.8 Å². The summed E-state index contributed by atoms with van der Waals surface area (Å²) in [5.41, 5.74) is 0.743. The number of hydrogen-bond acceptors (Lipinski definition) is 3. The predicted molar refractivity (Wildman–Crippen MR) is 70.6 cm³/mol. The van der Waals surface area contributed by atoms with E-state index in [1.165, 1.54) is 0 Å². The highest BCUT2D eigenvalue weighted by Crippen LogP contribution is 2.21. The average Bonchev–Trinajstić information content (AvgIpc) is 2.34. The fraction of sp³-hybridized carbons (Fsp3) is 0.214. The summed E-state index contributed by atoms with van der Waals surface area (Å²) in [4.78, 5) is 0. The minimum absolute atomic E-state index is 0.474. The van der Waals surface area contributed by atoms with Crippen molar-refractivity contribution in [1.82, 2.24) is 0 Å². The zero-order valence-electron chi connectivity index (χ0n) is 9.31. The molecule has 0 radical (unpaired) electrons. The molecule has 0 saturated heterocycles. The zero-order valence-corrected chi connectivity index (χ0v) is 10.1. The molecule has 2 nitrogen and oxygen atoms in total. The number of fused-ring (bicyclic) bond motifs is 1. The molecular formula is C14H12O2S. The van der Waals surface area contributed by atoms with E-state index in [1.54, 1.807) is 6.07 Å². The minimum Gasteiger partial charge on any atom is -0.493 e. The maximum Gasteiger partial charge on any atom is 0.190 e. The highest BCUT2D eigenvalue weighted by molar-refractivity contribution is 7.71. The third kappa shape index (κ3) is 3.08. The van der Waals surface area contributed by atoms with Crippen molar-refractivity contribution >= 4 is 23.2 Å². The van der Waals surface area contributed by atoms with E-state index in [4.69, 9.17) is 27.8 Å². The number of ether oxygens (including phenoxy) is 1. The molecule has 0 bridgehead atoms. The summed E-state index contributed by atoms with van der Waals surface area (Å²) in [7, 11) is 0. The maximum atomic E-state index is 5.57. The first-order valence-corrected chi connectivity index (χ1v) is 5.80. The van der Waals surface area contributed by atoms with Gasteiger partial charge in [-0.25, -0.2) is 0 Å². The van der Waals surface area contributed by atoms with Crippen molar-refractivity contribution in [3.8, 4) is 18.1 Å². The molecule has 0 atom stereocenters. The number of rotatable bonds is 4. The lowest BCUT2D eigenvalue weighted by Crippen LogP contribution is -1.96. The van der Waals surface area contributed by atoms with Gasteiger partial charge in [0.1, 0.15) is 11.3 Å². The van der Waals surface area contributed by atoms with Gasteiger partial charge in [-0.05, 0) is 42.9 Å². The molecule has 0 aliphatic heterocycles. The van der Waals surface area contributed by atoms with E-state index in [9.17, 15) is 0 Å². The number of hydrogen-bond donors (Lipinski definition) is 0. The maximum absolute atomic E-state index is 5.57. The van der Waals surface area contributed by atoms with Crippen LogP contribution < -0.4 is 4.74 Å². The molecule has 17 heavy (non-hydrogen) atoms. The van der Waals surface area contributed by atoms with Crippen molar-refractivity contribution in [3.63, 3.8) is 0 Å². The molecule has 2 aromatic rings. The van der Waals surface area contributed by atoms with Crippen LogP contribution in [0.4, 0.5) is 0 Å². The number of benzene rings is 1. The Morgan fingerprint density at radius 2 is 2.12 bits per heavy atom. The molecule has 0 aliphatic carbocycles. The summed E-state index contributed by atoms with van der Waals surface area (Å²) in [5.74, 6) is 3.36. The molecule has 1 aromatic heterocycles. The molecule has 2 rings (SSSR count). The molecule has 0 saturated carbocycles. The molecule has 1 heterocycles. The second-order valence-corrected chi connectivity index (χ2v) is 4.01. The predicted octanol–water partition coefficient (Wildman–Crippen LogP) is 3.95. The van der Waals surface area contributed by atoms with E-state index in [0.29, 0.717) is 11.3 Å². The monoisotopic (exact) mass is 244 g/mol. The Balaban J connectivity index is 2.14. The van der Waals surface area contributed by atoms with Crippen LogP contribution in [0.15, 0.2) is 34.7 Å². The van der Waals surface area contributed by atoms with Crippen molar-refractivity contribution in [2.75, 3.05) is 6.61 Å². The highest BCUT2D eigenvalue weighted by atomic mass is 32.1. The summed E-state index contributed by atoms with van der Waals surface area (Å²) < 4.78 is 11.5. The normalized spacial score (nSPS) is 10.1. The van der Waals surface area contributed by atoms with E-state index >= 15 is 0 Å². The lowest BCUT2D eigenvalue weighted by Gasteiger charge is -2.05. The van der Waals surface area contributed by atoms with Crippen LogP contribution >= 0.6 is 12.2 Å². The standard InChI is InChI=1S/C14H12O2S/c1-2-3-4-9-15-12-7-5-11-6-8-14(17)16-13(11)10-12/h1,5-8,10H,3-4,9H2. The second-order valence-electron chi connectivity index (χ2n) is 3.61. The van der Waals surface area contributed by atoms with Gasteiger partial charge in [0.15, 0.2) is 4.71 Å². The fourth-order valence-corrected chi connectivity index (χ4v) is 1.65. The lowest BCUT2D eigenvalue weighted by molar-refractivity contribution is 0.313. The summed E-state index contributed by atoms with van der Waals surface area (Å²) in [5, 5.41) is 1.01. The van der Waals surface area contributed by atoms with Crippen LogP contribution in [-0.4, -0.2) is 6.61 Å². The summed E-state index contributed by atoms with van der Waals surface area (Å²) in [6.07, 6.45) is 6.75. The van der Waals surface area contributed by atoms with Gasteiger partial charge in [-0.1, -0.05) is 0 Å². The van der Waals surface area contributed by atoms with E-state index in [-0.39, 0.29) is 0 Å². The molecule has 0 unspecified atom stereocenters. The van der Waals surface area contributed by atoms with Crippen LogP contribution in [0.25, 0.3) is 11.0 Å². The zero-order chi connectivity index (χ0) is 12.1. The summed E-state index contributed by atoms with van der Waals surface area (Å²) in [6.45, 7) is 0.614. The van der Waals surface area contributed by atoms with E-state index in [2.05, 4.69) is 5.92 Å². The van der Waals surface area contributed by atoms with Crippen LogP contribution in [0.1, 0.15) is 12.8 Å². The first kappa shape index (κ1) is 11.7. The van der Waals surface area contributed by atoms with Gasteiger partial charge >= 0.3 is 0 Å². The molecule has 86 valence electrons. The topological polar surface area (TPSA) is 22.4 Å². The molecule has 0 spiro atoms. The Labute approximate surface area is 105 Å². The summed E-state index contributed by atoms with van der Waals surface area (Å²) in [6, 6.07) is 9.41. The van der Waals surface area contributed by atoms with Gasteiger partial charge in [0, 0.05) is 17.9 Å². The van der Waals surface area contributed by atoms with Crippen molar-refractivity contribution < 1.29 is 9.15 Å². The van der Waals surface area contributed by atoms with Crippen LogP contribution in [0.2, 0.25) is 0 Å². The van der Waals surface area contributed by atoms with Crippen molar-refractivity contribution in [3.05, 3.63) is 35.0 Å². The van der Waals surface area contributed by atoms with Gasteiger partial charge in [0.25, 0.3) is 0 Å². The largest absolute Gasteiger partial charge is 0.493 e. The van der Waals surface area contributed by atoms with Gasteiger partial charge in [-0.15, -0.1) is 12.3 Å². The fourth-order valence-electron chi connectivity index (χ4n) is 1.50. The molecule has 0 aliphatic rings. The van der Waals surface area contributed by atoms with E-state index < -0.39 is 0 Å². The van der Waals surface area contributed by atoms with Gasteiger partial charge < -0.3 is 9.15 Å². The number of unbranched alkanes of at least 4 members (excludes halogenated alkanes) is 1. The van der Waals surface area contributed by atoms with Gasteiger partial charge in [0.2, 0.25) is 0 Å². The molecule has 1 aromatic carbocycles. The average molecular weight is 244 g/mol. The third-order valence-corrected chi connectivity index (χ3v) is 2.55. The first-order valence-electron chi connectivity index (χ1n) is 5.40. The minimum atomic E-state index is 0.474. The first-order chi connectivity index (χ1) is 8.29. The molecule has 0 amide bonds.